The van der Waals surface area contributed by atoms with E-state index in [0.29, 0.717) is 5.82 Å². The lowest BCUT2D eigenvalue weighted by Crippen LogP contribution is -1.93. The highest BCUT2D eigenvalue weighted by atomic mass is 79.9. The molecule has 0 unspecified atom stereocenters. The fourth-order valence-electron chi connectivity index (χ4n) is 1.85. The molecule has 78 valence electrons. The van der Waals surface area contributed by atoms with Gasteiger partial charge in [0.2, 0.25) is 0 Å². The van der Waals surface area contributed by atoms with Gasteiger partial charge in [-0.1, -0.05) is 22.0 Å². The summed E-state index contributed by atoms with van der Waals surface area (Å²) in [5, 5.41) is 3.06. The van der Waals surface area contributed by atoms with E-state index in [1.165, 1.54) is 0 Å². The molecule has 0 amide bonds. The van der Waals surface area contributed by atoms with Crippen LogP contribution in [0.1, 0.15) is 0 Å². The van der Waals surface area contributed by atoms with Gasteiger partial charge >= 0.3 is 0 Å². The maximum Gasteiger partial charge on any atom is 0.132 e. The number of fused-ring (bicyclic) bond motifs is 3. The maximum atomic E-state index is 5.92. The summed E-state index contributed by atoms with van der Waals surface area (Å²) in [5.74, 6) is 0.544. The Balaban J connectivity index is 2.59. The number of nitrogen functional groups attached to an aromatic ring is 1. The third kappa shape index (κ3) is 1.34. The molecular weight excluding hydrogens is 266 g/mol. The summed E-state index contributed by atoms with van der Waals surface area (Å²) in [6.07, 6.45) is 3.55. The summed E-state index contributed by atoms with van der Waals surface area (Å²) in [6, 6.07) is 7.86. The van der Waals surface area contributed by atoms with Crippen LogP contribution >= 0.6 is 15.9 Å². The molecule has 4 heteroatoms. The fraction of sp³-hybridized carbons (Fsp3) is 0. The van der Waals surface area contributed by atoms with E-state index < -0.39 is 0 Å². The van der Waals surface area contributed by atoms with Crippen LogP contribution in [0.15, 0.2) is 41.1 Å². The van der Waals surface area contributed by atoms with Gasteiger partial charge in [0.15, 0.2) is 0 Å². The van der Waals surface area contributed by atoms with E-state index in [1.807, 2.05) is 30.5 Å². The van der Waals surface area contributed by atoms with E-state index in [9.17, 15) is 0 Å². The number of halogens is 1. The van der Waals surface area contributed by atoms with Gasteiger partial charge in [0, 0.05) is 33.0 Å². The first-order valence-electron chi connectivity index (χ1n) is 4.84. The normalized spacial score (nSPS) is 11.1. The first kappa shape index (κ1) is 9.54. The van der Waals surface area contributed by atoms with Gasteiger partial charge < -0.3 is 5.73 Å². The molecule has 0 aliphatic carbocycles. The van der Waals surface area contributed by atoms with Crippen LogP contribution in [0.5, 0.6) is 0 Å². The molecule has 2 N–H and O–H groups in total. The van der Waals surface area contributed by atoms with Crippen molar-refractivity contribution in [1.82, 2.24) is 9.97 Å². The van der Waals surface area contributed by atoms with Gasteiger partial charge in [0.1, 0.15) is 5.82 Å². The van der Waals surface area contributed by atoms with Crippen molar-refractivity contribution in [2.24, 2.45) is 0 Å². The standard InChI is InChI=1S/C12H8BrN3/c13-7-1-2-8-10-6-15-4-3-9(10)12(14)16-11(8)5-7/h1-6H,(H2,14,16). The molecule has 3 rings (SSSR count). The molecule has 1 aromatic carbocycles. The number of benzene rings is 1. The molecule has 2 aromatic heterocycles. The van der Waals surface area contributed by atoms with Gasteiger partial charge in [-0.15, -0.1) is 0 Å². The van der Waals surface area contributed by atoms with Crippen LogP contribution in [-0.2, 0) is 0 Å². The molecule has 0 fully saturated rings. The summed E-state index contributed by atoms with van der Waals surface area (Å²) in [6.45, 7) is 0. The Labute approximate surface area is 100 Å². The predicted molar refractivity (Wildman–Crippen MR) is 69.2 cm³/mol. The topological polar surface area (TPSA) is 51.8 Å². The maximum absolute atomic E-state index is 5.92. The van der Waals surface area contributed by atoms with Gasteiger partial charge in [-0.3, -0.25) is 4.98 Å². The average Bonchev–Trinajstić information content (AvgIpc) is 2.29. The van der Waals surface area contributed by atoms with Crippen molar-refractivity contribution in [3.63, 3.8) is 0 Å². The Morgan fingerprint density at radius 1 is 1.06 bits per heavy atom. The highest BCUT2D eigenvalue weighted by molar-refractivity contribution is 9.10. The minimum atomic E-state index is 0.544. The second-order valence-corrected chi connectivity index (χ2v) is 4.50. The zero-order valence-corrected chi connectivity index (χ0v) is 9.90. The number of nitrogens with zero attached hydrogens (tertiary/aromatic N) is 2. The monoisotopic (exact) mass is 273 g/mol. The number of anilines is 1. The Morgan fingerprint density at radius 3 is 2.81 bits per heavy atom. The summed E-state index contributed by atoms with van der Waals surface area (Å²) < 4.78 is 0.996. The minimum Gasteiger partial charge on any atom is -0.383 e. The largest absolute Gasteiger partial charge is 0.383 e. The van der Waals surface area contributed by atoms with E-state index >= 15 is 0 Å². The molecule has 0 saturated carbocycles. The van der Waals surface area contributed by atoms with Crippen LogP contribution in [0.2, 0.25) is 0 Å². The van der Waals surface area contributed by atoms with Gasteiger partial charge in [0.25, 0.3) is 0 Å². The number of rotatable bonds is 0. The lowest BCUT2D eigenvalue weighted by molar-refractivity contribution is 1.35. The van der Waals surface area contributed by atoms with E-state index in [0.717, 1.165) is 26.1 Å². The van der Waals surface area contributed by atoms with E-state index in [1.54, 1.807) is 6.20 Å². The molecule has 0 spiro atoms. The molecule has 0 aliphatic heterocycles. The molecule has 0 radical (unpaired) electrons. The molecule has 0 aliphatic rings. The molecule has 3 aromatic rings. The third-order valence-corrected chi connectivity index (χ3v) is 3.08. The van der Waals surface area contributed by atoms with Gasteiger partial charge in [-0.2, -0.15) is 0 Å². The Hall–Kier alpha value is -1.68. The second-order valence-electron chi connectivity index (χ2n) is 3.58. The van der Waals surface area contributed by atoms with Crippen LogP contribution in [0.25, 0.3) is 21.7 Å². The van der Waals surface area contributed by atoms with E-state index in [2.05, 4.69) is 25.9 Å². The van der Waals surface area contributed by atoms with Crippen molar-refractivity contribution in [3.8, 4) is 0 Å². The predicted octanol–water partition coefficient (Wildman–Crippen LogP) is 3.13. The third-order valence-electron chi connectivity index (χ3n) is 2.59. The highest BCUT2D eigenvalue weighted by Gasteiger charge is 2.05. The number of aromatic nitrogens is 2. The SMILES string of the molecule is Nc1nc2cc(Br)ccc2c2cnccc12. The quantitative estimate of drug-likeness (QED) is 0.641. The van der Waals surface area contributed by atoms with Crippen LogP contribution in [0.4, 0.5) is 5.82 Å². The first-order valence-corrected chi connectivity index (χ1v) is 5.63. The molecular formula is C12H8BrN3. The van der Waals surface area contributed by atoms with Crippen LogP contribution in [-0.4, -0.2) is 9.97 Å². The van der Waals surface area contributed by atoms with Crippen molar-refractivity contribution in [2.75, 3.05) is 5.73 Å². The number of pyridine rings is 2. The van der Waals surface area contributed by atoms with Gasteiger partial charge in [-0.25, -0.2) is 4.98 Å². The zero-order chi connectivity index (χ0) is 11.1. The average molecular weight is 274 g/mol. The van der Waals surface area contributed by atoms with Crippen LogP contribution in [0, 0.1) is 0 Å². The van der Waals surface area contributed by atoms with Gasteiger partial charge in [0.05, 0.1) is 5.52 Å². The minimum absolute atomic E-state index is 0.544. The van der Waals surface area contributed by atoms with E-state index in [4.69, 9.17) is 5.73 Å². The Kier molecular flexibility index (Phi) is 2.04. The molecule has 0 saturated heterocycles. The smallest absolute Gasteiger partial charge is 0.132 e. The van der Waals surface area contributed by atoms with E-state index in [-0.39, 0.29) is 0 Å². The lowest BCUT2D eigenvalue weighted by atomic mass is 10.1. The van der Waals surface area contributed by atoms with Crippen molar-refractivity contribution >= 4 is 43.4 Å². The van der Waals surface area contributed by atoms with Crippen LogP contribution in [0.3, 0.4) is 0 Å². The molecule has 3 nitrogen and oxygen atoms in total. The summed E-state index contributed by atoms with van der Waals surface area (Å²) in [7, 11) is 0. The molecule has 16 heavy (non-hydrogen) atoms. The first-order chi connectivity index (χ1) is 7.75. The van der Waals surface area contributed by atoms with Crippen molar-refractivity contribution in [3.05, 3.63) is 41.1 Å². The number of hydrogen-bond donors (Lipinski definition) is 1. The van der Waals surface area contributed by atoms with Crippen molar-refractivity contribution < 1.29 is 0 Å². The second kappa shape index (κ2) is 3.42. The molecule has 0 bridgehead atoms. The highest BCUT2D eigenvalue weighted by Crippen LogP contribution is 2.28. The summed E-state index contributed by atoms with van der Waals surface area (Å²) >= 11 is 3.42. The summed E-state index contributed by atoms with van der Waals surface area (Å²) in [4.78, 5) is 8.52. The summed E-state index contributed by atoms with van der Waals surface area (Å²) in [5.41, 5.74) is 6.80. The number of hydrogen-bond acceptors (Lipinski definition) is 3. The Morgan fingerprint density at radius 2 is 1.94 bits per heavy atom. The Bertz CT molecular complexity index is 694. The van der Waals surface area contributed by atoms with Crippen molar-refractivity contribution in [1.29, 1.82) is 0 Å². The van der Waals surface area contributed by atoms with Crippen LogP contribution < -0.4 is 5.73 Å². The number of nitrogens with two attached hydrogens (primary N) is 1. The zero-order valence-electron chi connectivity index (χ0n) is 8.31. The van der Waals surface area contributed by atoms with Gasteiger partial charge in [-0.05, 0) is 18.2 Å². The van der Waals surface area contributed by atoms with Crippen molar-refractivity contribution in [2.45, 2.75) is 0 Å². The molecule has 0 atom stereocenters. The lowest BCUT2D eigenvalue weighted by Gasteiger charge is -2.05. The fourth-order valence-corrected chi connectivity index (χ4v) is 2.20. The molecule has 2 heterocycles.